The molecular weight excluding hydrogens is 372 g/mol. The summed E-state index contributed by atoms with van der Waals surface area (Å²) >= 11 is 0. The van der Waals surface area contributed by atoms with Crippen LogP contribution in [0.2, 0.25) is 0 Å². The first-order valence-corrected chi connectivity index (χ1v) is 9.37. The van der Waals surface area contributed by atoms with Crippen LogP contribution < -0.4 is 10.1 Å². The molecule has 1 unspecified atom stereocenters. The van der Waals surface area contributed by atoms with Crippen LogP contribution in [0.4, 0.5) is 0 Å². The molecule has 7 heteroatoms. The van der Waals surface area contributed by atoms with Gasteiger partial charge in [0.25, 0.3) is 11.7 Å². The zero-order chi connectivity index (χ0) is 20.8. The molecule has 1 saturated heterocycles. The number of Topliss-reactive ketones (excluding diaryl/α,β-unsaturated/α-hetero) is 1. The van der Waals surface area contributed by atoms with Gasteiger partial charge in [0, 0.05) is 25.2 Å². The quantitative estimate of drug-likeness (QED) is 0.272. The minimum absolute atomic E-state index is 0.0191. The lowest BCUT2D eigenvalue weighted by Crippen LogP contribution is -2.36. The fourth-order valence-corrected chi connectivity index (χ4v) is 3.40. The molecule has 0 bridgehead atoms. The van der Waals surface area contributed by atoms with Crippen LogP contribution in [0.3, 0.4) is 0 Å². The summed E-state index contributed by atoms with van der Waals surface area (Å²) in [5, 5.41) is 22.8. The summed E-state index contributed by atoms with van der Waals surface area (Å²) in [6.07, 6.45) is 0. The molecule has 0 spiro atoms. The maximum Gasteiger partial charge on any atom is 0.295 e. The Bertz CT molecular complexity index is 893. The van der Waals surface area contributed by atoms with Gasteiger partial charge in [-0.25, -0.2) is 0 Å². The van der Waals surface area contributed by atoms with Crippen molar-refractivity contribution in [1.82, 2.24) is 10.2 Å². The number of benzene rings is 2. The van der Waals surface area contributed by atoms with Gasteiger partial charge in [0.05, 0.1) is 25.3 Å². The van der Waals surface area contributed by atoms with Crippen molar-refractivity contribution in [1.29, 1.82) is 0 Å². The summed E-state index contributed by atoms with van der Waals surface area (Å²) in [5.41, 5.74) is 1.24. The Morgan fingerprint density at radius 2 is 1.76 bits per heavy atom. The van der Waals surface area contributed by atoms with Crippen LogP contribution in [0.5, 0.6) is 5.75 Å². The Hall–Kier alpha value is -3.16. The first-order valence-electron chi connectivity index (χ1n) is 9.37. The number of ketones is 1. The van der Waals surface area contributed by atoms with E-state index < -0.39 is 17.7 Å². The zero-order valence-electron chi connectivity index (χ0n) is 16.2. The summed E-state index contributed by atoms with van der Waals surface area (Å²) in [5.74, 6) is -0.919. The highest BCUT2D eigenvalue weighted by atomic mass is 16.5. The summed E-state index contributed by atoms with van der Waals surface area (Å²) in [4.78, 5) is 27.0. The van der Waals surface area contributed by atoms with Gasteiger partial charge in [-0.1, -0.05) is 42.5 Å². The van der Waals surface area contributed by atoms with Crippen LogP contribution >= 0.6 is 0 Å². The Balaban J connectivity index is 2.04. The number of hydrogen-bond acceptors (Lipinski definition) is 6. The first-order chi connectivity index (χ1) is 14.1. The van der Waals surface area contributed by atoms with E-state index in [4.69, 9.17) is 9.84 Å². The maximum absolute atomic E-state index is 12.8. The van der Waals surface area contributed by atoms with Crippen molar-refractivity contribution in [3.8, 4) is 5.75 Å². The zero-order valence-corrected chi connectivity index (χ0v) is 16.2. The molecule has 2 aromatic carbocycles. The summed E-state index contributed by atoms with van der Waals surface area (Å²) < 4.78 is 5.19. The summed E-state index contributed by atoms with van der Waals surface area (Å²) in [6.45, 7) is 1.04. The van der Waals surface area contributed by atoms with E-state index in [1.807, 2.05) is 6.07 Å². The average Bonchev–Trinajstić information content (AvgIpc) is 3.01. The Morgan fingerprint density at radius 1 is 1.07 bits per heavy atom. The number of aliphatic hydroxyl groups is 2. The van der Waals surface area contributed by atoms with E-state index in [1.54, 1.807) is 55.6 Å². The molecule has 0 aliphatic carbocycles. The lowest BCUT2D eigenvalue weighted by atomic mass is 9.95. The summed E-state index contributed by atoms with van der Waals surface area (Å²) in [7, 11) is 1.56. The molecule has 1 fully saturated rings. The Labute approximate surface area is 169 Å². The van der Waals surface area contributed by atoms with Gasteiger partial charge >= 0.3 is 0 Å². The second-order valence-electron chi connectivity index (χ2n) is 6.61. The topological polar surface area (TPSA) is 99.1 Å². The minimum Gasteiger partial charge on any atom is -0.507 e. The molecule has 1 aliphatic heterocycles. The standard InChI is InChI=1S/C22H24N2O5/c1-29-17-9-7-15(8-10-17)19-18(20(26)16-5-3-2-4-6-16)21(27)22(28)24(19)13-11-23-12-14-25/h2-10,19,23,25-26H,11-14H2,1H3. The number of rotatable bonds is 8. The van der Waals surface area contributed by atoms with E-state index in [1.165, 1.54) is 4.90 Å². The number of nitrogens with one attached hydrogen (secondary N) is 1. The van der Waals surface area contributed by atoms with Crippen molar-refractivity contribution in [2.75, 3.05) is 33.4 Å². The largest absolute Gasteiger partial charge is 0.507 e. The predicted molar refractivity (Wildman–Crippen MR) is 108 cm³/mol. The number of nitrogens with zero attached hydrogens (tertiary/aromatic N) is 1. The Morgan fingerprint density at radius 3 is 2.38 bits per heavy atom. The molecule has 0 radical (unpaired) electrons. The maximum atomic E-state index is 12.8. The smallest absolute Gasteiger partial charge is 0.295 e. The molecule has 2 aromatic rings. The number of likely N-dealkylation sites (tertiary alicyclic amines) is 1. The van der Waals surface area contributed by atoms with Crippen molar-refractivity contribution in [2.24, 2.45) is 0 Å². The lowest BCUT2D eigenvalue weighted by molar-refractivity contribution is -0.139. The van der Waals surface area contributed by atoms with Gasteiger partial charge in [-0.05, 0) is 17.7 Å². The third-order valence-electron chi connectivity index (χ3n) is 4.84. The predicted octanol–water partition coefficient (Wildman–Crippen LogP) is 1.70. The molecule has 29 heavy (non-hydrogen) atoms. The van der Waals surface area contributed by atoms with Gasteiger partial charge in [0.15, 0.2) is 0 Å². The van der Waals surface area contributed by atoms with Crippen LogP contribution in [-0.2, 0) is 9.59 Å². The minimum atomic E-state index is -0.714. The molecule has 0 aromatic heterocycles. The van der Waals surface area contributed by atoms with Crippen LogP contribution in [-0.4, -0.2) is 60.2 Å². The van der Waals surface area contributed by atoms with E-state index >= 15 is 0 Å². The highest BCUT2D eigenvalue weighted by Gasteiger charge is 2.45. The molecule has 0 saturated carbocycles. The molecule has 1 heterocycles. The van der Waals surface area contributed by atoms with E-state index in [9.17, 15) is 14.7 Å². The van der Waals surface area contributed by atoms with Gasteiger partial charge in [-0.3, -0.25) is 9.59 Å². The molecule has 1 amide bonds. The average molecular weight is 396 g/mol. The molecule has 1 aliphatic rings. The van der Waals surface area contributed by atoms with E-state index in [0.717, 1.165) is 0 Å². The fraction of sp³-hybridized carbons (Fsp3) is 0.273. The molecule has 3 rings (SSSR count). The second kappa shape index (κ2) is 9.36. The van der Waals surface area contributed by atoms with Gasteiger partial charge in [0.1, 0.15) is 11.5 Å². The highest BCUT2D eigenvalue weighted by molar-refractivity contribution is 6.46. The molecule has 1 atom stereocenters. The number of carbonyl (C=O) groups excluding carboxylic acids is 2. The van der Waals surface area contributed by atoms with Crippen LogP contribution in [0.15, 0.2) is 60.2 Å². The van der Waals surface area contributed by atoms with Crippen molar-refractivity contribution >= 4 is 17.4 Å². The van der Waals surface area contributed by atoms with Gasteiger partial charge in [-0.15, -0.1) is 0 Å². The SMILES string of the molecule is COc1ccc(C2C(=C(O)c3ccccc3)C(=O)C(=O)N2CCNCCO)cc1. The van der Waals surface area contributed by atoms with Crippen molar-refractivity contribution in [2.45, 2.75) is 6.04 Å². The van der Waals surface area contributed by atoms with Crippen molar-refractivity contribution in [3.63, 3.8) is 0 Å². The molecular formula is C22H24N2O5. The van der Waals surface area contributed by atoms with Crippen LogP contribution in [0, 0.1) is 0 Å². The molecule has 3 N–H and O–H groups in total. The van der Waals surface area contributed by atoms with Crippen molar-refractivity contribution < 1.29 is 24.5 Å². The first kappa shape index (κ1) is 20.6. The molecule has 7 nitrogen and oxygen atoms in total. The van der Waals surface area contributed by atoms with E-state index in [2.05, 4.69) is 5.32 Å². The fourth-order valence-electron chi connectivity index (χ4n) is 3.40. The van der Waals surface area contributed by atoms with Crippen molar-refractivity contribution in [3.05, 3.63) is 71.3 Å². The monoisotopic (exact) mass is 396 g/mol. The number of hydrogen-bond donors (Lipinski definition) is 3. The Kier molecular flexibility index (Phi) is 6.64. The third-order valence-corrected chi connectivity index (χ3v) is 4.84. The van der Waals surface area contributed by atoms with Crippen LogP contribution in [0.1, 0.15) is 17.2 Å². The number of amides is 1. The van der Waals surface area contributed by atoms with Gasteiger partial charge in [-0.2, -0.15) is 0 Å². The van der Waals surface area contributed by atoms with E-state index in [0.29, 0.717) is 30.0 Å². The summed E-state index contributed by atoms with van der Waals surface area (Å²) in [6, 6.07) is 15.1. The highest BCUT2D eigenvalue weighted by Crippen LogP contribution is 2.39. The number of aliphatic hydroxyl groups excluding tert-OH is 2. The van der Waals surface area contributed by atoms with Gasteiger partial charge in [0.2, 0.25) is 0 Å². The van der Waals surface area contributed by atoms with E-state index in [-0.39, 0.29) is 24.5 Å². The lowest BCUT2D eigenvalue weighted by Gasteiger charge is -2.25. The third kappa shape index (κ3) is 4.31. The number of carbonyl (C=O) groups is 2. The second-order valence-corrected chi connectivity index (χ2v) is 6.61. The number of ether oxygens (including phenoxy) is 1. The molecule has 152 valence electrons. The number of methoxy groups -OCH3 is 1. The van der Waals surface area contributed by atoms with Crippen LogP contribution in [0.25, 0.3) is 5.76 Å². The normalized spacial score (nSPS) is 18.3. The van der Waals surface area contributed by atoms with Gasteiger partial charge < -0.3 is 25.2 Å².